The highest BCUT2D eigenvalue weighted by Crippen LogP contribution is 2.27. The van der Waals surface area contributed by atoms with Gasteiger partial charge in [-0.2, -0.15) is 5.10 Å². The molecule has 6 nitrogen and oxygen atoms in total. The number of nitrogens with two attached hydrogens (primary N) is 1. The van der Waals surface area contributed by atoms with Gasteiger partial charge < -0.3 is 10.9 Å². The molecule has 1 saturated carbocycles. The lowest BCUT2D eigenvalue weighted by molar-refractivity contribution is 0.208. The Bertz CT molecular complexity index is 508. The highest BCUT2D eigenvalue weighted by atomic mass is 35.5. The molecule has 1 fully saturated rings. The van der Waals surface area contributed by atoms with Crippen molar-refractivity contribution < 1.29 is 5.21 Å². The highest BCUT2D eigenvalue weighted by Gasteiger charge is 2.26. The molecule has 2 rings (SSSR count). The molecule has 1 aromatic heterocycles. The molecule has 0 spiro atoms. The minimum atomic E-state index is 0.234. The number of rotatable bonds is 6. The van der Waals surface area contributed by atoms with Crippen molar-refractivity contribution in [3.63, 3.8) is 0 Å². The maximum Gasteiger partial charge on any atom is 0.153 e. The van der Waals surface area contributed by atoms with Crippen molar-refractivity contribution in [2.75, 3.05) is 6.54 Å². The van der Waals surface area contributed by atoms with Crippen LogP contribution in [0.5, 0.6) is 0 Å². The van der Waals surface area contributed by atoms with Gasteiger partial charge in [0.2, 0.25) is 0 Å². The van der Waals surface area contributed by atoms with E-state index in [1.165, 1.54) is 12.8 Å². The second-order valence-electron chi connectivity index (χ2n) is 5.60. The van der Waals surface area contributed by atoms with Crippen molar-refractivity contribution in [2.24, 2.45) is 10.9 Å². The monoisotopic (exact) mass is 313 g/mol. The number of nitrogens with zero attached hydrogens (tertiary/aromatic N) is 4. The molecule has 1 aliphatic carbocycles. The third-order valence-corrected chi connectivity index (χ3v) is 4.63. The van der Waals surface area contributed by atoms with Crippen LogP contribution in [0.4, 0.5) is 0 Å². The summed E-state index contributed by atoms with van der Waals surface area (Å²) in [4.78, 5) is 2.25. The van der Waals surface area contributed by atoms with Crippen LogP contribution in [0.2, 0.25) is 5.02 Å². The number of aromatic nitrogens is 2. The minimum Gasteiger partial charge on any atom is -0.409 e. The van der Waals surface area contributed by atoms with Gasteiger partial charge in [0.15, 0.2) is 5.84 Å². The summed E-state index contributed by atoms with van der Waals surface area (Å²) in [5.74, 6) is 0.234. The van der Waals surface area contributed by atoms with Gasteiger partial charge >= 0.3 is 0 Å². The molecule has 1 aromatic rings. The van der Waals surface area contributed by atoms with Gasteiger partial charge in [0, 0.05) is 19.1 Å². The highest BCUT2D eigenvalue weighted by molar-refractivity contribution is 6.31. The Morgan fingerprint density at radius 1 is 1.52 bits per heavy atom. The standard InChI is InChI=1S/C14H24ClN5O/c1-3-20-12(14(15)10(2)17-20)8-19(9-13(16)18-21)11-6-4-5-7-11/h11,21H,3-9H2,1-2H3,(H2,16,18). The fourth-order valence-corrected chi connectivity index (χ4v) is 3.23. The summed E-state index contributed by atoms with van der Waals surface area (Å²) in [5.41, 5.74) is 7.57. The summed E-state index contributed by atoms with van der Waals surface area (Å²) in [7, 11) is 0. The van der Waals surface area contributed by atoms with Crippen LogP contribution < -0.4 is 5.73 Å². The van der Waals surface area contributed by atoms with Crippen LogP contribution in [0.15, 0.2) is 5.16 Å². The van der Waals surface area contributed by atoms with Crippen LogP contribution >= 0.6 is 11.6 Å². The summed E-state index contributed by atoms with van der Waals surface area (Å²) < 4.78 is 1.94. The third kappa shape index (κ3) is 3.68. The topological polar surface area (TPSA) is 79.7 Å². The maximum atomic E-state index is 8.84. The SMILES string of the molecule is CCn1nc(C)c(Cl)c1CN(CC(N)=NO)C1CCCC1. The first kappa shape index (κ1) is 16.1. The lowest BCUT2D eigenvalue weighted by Gasteiger charge is -2.28. The first-order chi connectivity index (χ1) is 10.1. The lowest BCUT2D eigenvalue weighted by atomic mass is 10.2. The first-order valence-electron chi connectivity index (χ1n) is 7.49. The molecule has 1 aliphatic rings. The first-order valence-corrected chi connectivity index (χ1v) is 7.86. The summed E-state index contributed by atoms with van der Waals surface area (Å²) in [6, 6.07) is 0.460. The largest absolute Gasteiger partial charge is 0.409 e. The Kier molecular flexibility index (Phi) is 5.47. The van der Waals surface area contributed by atoms with Gasteiger partial charge in [-0.25, -0.2) is 0 Å². The van der Waals surface area contributed by atoms with Gasteiger partial charge in [-0.3, -0.25) is 9.58 Å². The fraction of sp³-hybridized carbons (Fsp3) is 0.714. The van der Waals surface area contributed by atoms with Crippen LogP contribution in [0, 0.1) is 6.92 Å². The fourth-order valence-electron chi connectivity index (χ4n) is 3.04. The van der Waals surface area contributed by atoms with Gasteiger partial charge in [0.05, 0.1) is 23.0 Å². The normalized spacial score (nSPS) is 17.0. The van der Waals surface area contributed by atoms with Gasteiger partial charge in [-0.05, 0) is 26.7 Å². The summed E-state index contributed by atoms with van der Waals surface area (Å²) >= 11 is 6.39. The van der Waals surface area contributed by atoms with E-state index in [9.17, 15) is 0 Å². The van der Waals surface area contributed by atoms with Crippen molar-refractivity contribution >= 4 is 17.4 Å². The third-order valence-electron chi connectivity index (χ3n) is 4.14. The average molecular weight is 314 g/mol. The quantitative estimate of drug-likeness (QED) is 0.366. The van der Waals surface area contributed by atoms with E-state index in [2.05, 4.69) is 22.1 Å². The summed E-state index contributed by atoms with van der Waals surface area (Å²) in [6.07, 6.45) is 4.76. The van der Waals surface area contributed by atoms with E-state index in [1.807, 2.05) is 11.6 Å². The molecule has 3 N–H and O–H groups in total. The van der Waals surface area contributed by atoms with Gasteiger partial charge in [0.25, 0.3) is 0 Å². The lowest BCUT2D eigenvalue weighted by Crippen LogP contribution is -2.40. The van der Waals surface area contributed by atoms with Crippen molar-refractivity contribution in [3.05, 3.63) is 16.4 Å². The van der Waals surface area contributed by atoms with Crippen molar-refractivity contribution in [1.29, 1.82) is 0 Å². The predicted octanol–water partition coefficient (Wildman–Crippen LogP) is 2.36. The van der Waals surface area contributed by atoms with E-state index < -0.39 is 0 Å². The molecule has 0 aromatic carbocycles. The van der Waals surface area contributed by atoms with Crippen LogP contribution in [0.25, 0.3) is 0 Å². The molecule has 0 amide bonds. The molecule has 21 heavy (non-hydrogen) atoms. The zero-order chi connectivity index (χ0) is 15.4. The predicted molar refractivity (Wildman–Crippen MR) is 83.7 cm³/mol. The molecule has 0 atom stereocenters. The van der Waals surface area contributed by atoms with E-state index in [-0.39, 0.29) is 5.84 Å². The van der Waals surface area contributed by atoms with E-state index in [0.29, 0.717) is 19.1 Å². The Morgan fingerprint density at radius 3 is 2.76 bits per heavy atom. The second-order valence-corrected chi connectivity index (χ2v) is 5.97. The zero-order valence-electron chi connectivity index (χ0n) is 12.7. The van der Waals surface area contributed by atoms with Crippen molar-refractivity contribution in [2.45, 2.75) is 58.7 Å². The molecular formula is C14H24ClN5O. The van der Waals surface area contributed by atoms with Crippen LogP contribution in [0.1, 0.15) is 44.0 Å². The molecular weight excluding hydrogens is 290 g/mol. The molecule has 0 aliphatic heterocycles. The Hall–Kier alpha value is -1.27. The summed E-state index contributed by atoms with van der Waals surface area (Å²) in [6.45, 7) is 5.88. The van der Waals surface area contributed by atoms with E-state index in [0.717, 1.165) is 35.8 Å². The molecule has 7 heteroatoms. The Morgan fingerprint density at radius 2 is 2.19 bits per heavy atom. The molecule has 0 radical (unpaired) electrons. The molecule has 1 heterocycles. The molecule has 0 unspecified atom stereocenters. The van der Waals surface area contributed by atoms with Gasteiger partial charge in [-0.1, -0.05) is 29.6 Å². The van der Waals surface area contributed by atoms with E-state index in [1.54, 1.807) is 0 Å². The Labute approximate surface area is 130 Å². The number of amidine groups is 1. The van der Waals surface area contributed by atoms with Crippen LogP contribution in [-0.2, 0) is 13.1 Å². The van der Waals surface area contributed by atoms with E-state index >= 15 is 0 Å². The second kappa shape index (κ2) is 7.13. The van der Waals surface area contributed by atoms with Crippen molar-refractivity contribution in [3.8, 4) is 0 Å². The van der Waals surface area contributed by atoms with Crippen molar-refractivity contribution in [1.82, 2.24) is 14.7 Å². The van der Waals surface area contributed by atoms with Crippen LogP contribution in [-0.4, -0.2) is 38.3 Å². The van der Waals surface area contributed by atoms with E-state index in [4.69, 9.17) is 22.5 Å². The molecule has 118 valence electrons. The molecule has 0 bridgehead atoms. The maximum absolute atomic E-state index is 8.84. The number of aryl methyl sites for hydroxylation is 2. The average Bonchev–Trinajstić information content (AvgIpc) is 3.09. The number of oxime groups is 1. The van der Waals surface area contributed by atoms with Gasteiger partial charge in [-0.15, -0.1) is 0 Å². The smallest absolute Gasteiger partial charge is 0.153 e. The Balaban J connectivity index is 2.21. The number of halogens is 1. The minimum absolute atomic E-state index is 0.234. The molecule has 0 saturated heterocycles. The number of hydrogen-bond donors (Lipinski definition) is 2. The van der Waals surface area contributed by atoms with Crippen LogP contribution in [0.3, 0.4) is 0 Å². The summed E-state index contributed by atoms with van der Waals surface area (Å²) in [5, 5.41) is 17.1. The van der Waals surface area contributed by atoms with Gasteiger partial charge in [0.1, 0.15) is 0 Å². The zero-order valence-corrected chi connectivity index (χ0v) is 13.5. The number of hydrogen-bond acceptors (Lipinski definition) is 4.